The molecule has 4 aromatic carbocycles. The van der Waals surface area contributed by atoms with E-state index in [1.54, 1.807) is 48.7 Å². The summed E-state index contributed by atoms with van der Waals surface area (Å²) < 4.78 is 5.33. The molecule has 1 N–H and O–H groups in total. The second-order valence-electron chi connectivity index (χ2n) is 6.91. The second kappa shape index (κ2) is 9.69. The molecule has 4 nitrogen and oxygen atoms in total. The summed E-state index contributed by atoms with van der Waals surface area (Å²) in [5.41, 5.74) is 3.56. The van der Waals surface area contributed by atoms with Gasteiger partial charge in [0, 0.05) is 11.2 Å². The highest BCUT2D eigenvalue weighted by Crippen LogP contribution is 2.32. The van der Waals surface area contributed by atoms with Gasteiger partial charge in [-0.15, -0.1) is 0 Å². The number of hydrogen-bond donors (Lipinski definition) is 1. The first kappa shape index (κ1) is 21.6. The molecule has 0 atom stereocenters. The minimum atomic E-state index is -0.536. The normalized spacial score (nSPS) is 10.9. The molecule has 0 aliphatic carbocycles. The zero-order chi connectivity index (χ0) is 22.5. The van der Waals surface area contributed by atoms with E-state index in [1.807, 2.05) is 42.5 Å². The quantitative estimate of drug-likeness (QED) is 0.192. The number of carbonyl (C=O) groups is 1. The number of esters is 1. The van der Waals surface area contributed by atoms with Crippen molar-refractivity contribution in [3.8, 4) is 22.6 Å². The van der Waals surface area contributed by atoms with E-state index in [0.29, 0.717) is 16.3 Å². The predicted octanol–water partition coefficient (Wildman–Crippen LogP) is 7.34. The third kappa shape index (κ3) is 5.17. The molecular formula is C26H17Cl2NO3. The molecule has 4 rings (SSSR count). The second-order valence-corrected chi connectivity index (χ2v) is 7.76. The van der Waals surface area contributed by atoms with Gasteiger partial charge in [-0.3, -0.25) is 4.99 Å². The van der Waals surface area contributed by atoms with Crippen LogP contribution in [0, 0.1) is 0 Å². The van der Waals surface area contributed by atoms with Gasteiger partial charge in [0.2, 0.25) is 0 Å². The Hall–Kier alpha value is -3.60. The number of halogens is 2. The fourth-order valence-electron chi connectivity index (χ4n) is 3.00. The maximum absolute atomic E-state index is 12.4. The van der Waals surface area contributed by atoms with Crippen molar-refractivity contribution >= 4 is 41.1 Å². The van der Waals surface area contributed by atoms with E-state index in [2.05, 4.69) is 4.99 Å². The molecule has 0 spiro atoms. The molecule has 158 valence electrons. The first-order chi connectivity index (χ1) is 15.5. The van der Waals surface area contributed by atoms with Gasteiger partial charge in [0.15, 0.2) is 0 Å². The van der Waals surface area contributed by atoms with Crippen LogP contribution in [0.15, 0.2) is 96.0 Å². The van der Waals surface area contributed by atoms with Crippen LogP contribution >= 0.6 is 23.2 Å². The average Bonchev–Trinajstić information content (AvgIpc) is 2.81. The molecule has 32 heavy (non-hydrogen) atoms. The zero-order valence-corrected chi connectivity index (χ0v) is 18.2. The Labute approximate surface area is 195 Å². The number of ether oxygens (including phenoxy) is 1. The number of benzene rings is 4. The summed E-state index contributed by atoms with van der Waals surface area (Å²) in [5.74, 6) is -0.215. The van der Waals surface area contributed by atoms with Crippen LogP contribution < -0.4 is 4.74 Å². The van der Waals surface area contributed by atoms with Crippen molar-refractivity contribution in [2.24, 2.45) is 4.99 Å². The maximum Gasteiger partial charge on any atom is 0.343 e. The summed E-state index contributed by atoms with van der Waals surface area (Å²) in [6.07, 6.45) is 1.62. The predicted molar refractivity (Wildman–Crippen MR) is 129 cm³/mol. The number of phenols is 1. The minimum Gasteiger partial charge on any atom is -0.506 e. The largest absolute Gasteiger partial charge is 0.506 e. The van der Waals surface area contributed by atoms with Crippen molar-refractivity contribution in [1.29, 1.82) is 0 Å². The van der Waals surface area contributed by atoms with Gasteiger partial charge in [-0.2, -0.15) is 0 Å². The van der Waals surface area contributed by atoms with Crippen LogP contribution in [-0.2, 0) is 0 Å². The van der Waals surface area contributed by atoms with Crippen molar-refractivity contribution in [2.75, 3.05) is 0 Å². The SMILES string of the molecule is O=C(Oc1ccc(Cl)cc1Cl)c1ccc(C=Nc2cc(-c3ccccc3)ccc2O)cc1. The molecule has 0 heterocycles. The van der Waals surface area contributed by atoms with Gasteiger partial charge in [-0.05, 0) is 59.2 Å². The highest BCUT2D eigenvalue weighted by molar-refractivity contribution is 6.35. The van der Waals surface area contributed by atoms with Crippen molar-refractivity contribution < 1.29 is 14.6 Å². The fraction of sp³-hybridized carbons (Fsp3) is 0. The lowest BCUT2D eigenvalue weighted by Crippen LogP contribution is -2.08. The van der Waals surface area contributed by atoms with E-state index in [1.165, 1.54) is 6.07 Å². The first-order valence-electron chi connectivity index (χ1n) is 9.69. The maximum atomic E-state index is 12.4. The third-order valence-electron chi connectivity index (χ3n) is 4.68. The van der Waals surface area contributed by atoms with Gasteiger partial charge in [0.05, 0.1) is 10.6 Å². The topological polar surface area (TPSA) is 58.9 Å². The molecule has 0 bridgehead atoms. The Morgan fingerprint density at radius 2 is 1.59 bits per heavy atom. The van der Waals surface area contributed by atoms with E-state index < -0.39 is 5.97 Å². The molecule has 0 fully saturated rings. The zero-order valence-electron chi connectivity index (χ0n) is 16.7. The van der Waals surface area contributed by atoms with Crippen LogP contribution in [0.1, 0.15) is 15.9 Å². The van der Waals surface area contributed by atoms with E-state index in [0.717, 1.165) is 16.7 Å². The molecular weight excluding hydrogens is 445 g/mol. The van der Waals surface area contributed by atoms with Crippen molar-refractivity contribution in [1.82, 2.24) is 0 Å². The smallest absolute Gasteiger partial charge is 0.343 e. The van der Waals surface area contributed by atoms with Crippen LogP contribution in [0.2, 0.25) is 10.0 Å². The lowest BCUT2D eigenvalue weighted by molar-refractivity contribution is 0.0735. The summed E-state index contributed by atoms with van der Waals surface area (Å²) in [5, 5.41) is 10.9. The first-order valence-corrected chi connectivity index (χ1v) is 10.4. The number of aromatic hydroxyl groups is 1. The Morgan fingerprint density at radius 3 is 2.31 bits per heavy atom. The van der Waals surface area contributed by atoms with Gasteiger partial charge in [-0.25, -0.2) is 4.79 Å². The molecule has 0 amide bonds. The fourth-order valence-corrected chi connectivity index (χ4v) is 3.45. The summed E-state index contributed by atoms with van der Waals surface area (Å²) in [4.78, 5) is 16.8. The molecule has 0 radical (unpaired) electrons. The lowest BCUT2D eigenvalue weighted by atomic mass is 10.0. The molecule has 6 heteroatoms. The van der Waals surface area contributed by atoms with E-state index >= 15 is 0 Å². The minimum absolute atomic E-state index is 0.0842. The monoisotopic (exact) mass is 461 g/mol. The summed E-state index contributed by atoms with van der Waals surface area (Å²) >= 11 is 11.9. The van der Waals surface area contributed by atoms with Gasteiger partial charge in [0.1, 0.15) is 17.2 Å². The van der Waals surface area contributed by atoms with Gasteiger partial charge in [-0.1, -0.05) is 71.7 Å². The molecule has 0 saturated carbocycles. The van der Waals surface area contributed by atoms with Crippen LogP contribution in [-0.4, -0.2) is 17.3 Å². The van der Waals surface area contributed by atoms with Crippen molar-refractivity contribution in [2.45, 2.75) is 0 Å². The summed E-state index contributed by atoms with van der Waals surface area (Å²) in [6, 6.07) is 26.5. The Kier molecular flexibility index (Phi) is 6.55. The molecule has 4 aromatic rings. The van der Waals surface area contributed by atoms with Crippen molar-refractivity contribution in [3.63, 3.8) is 0 Å². The molecule has 0 saturated heterocycles. The highest BCUT2D eigenvalue weighted by Gasteiger charge is 2.11. The number of rotatable bonds is 5. The summed E-state index contributed by atoms with van der Waals surface area (Å²) in [6.45, 7) is 0. The highest BCUT2D eigenvalue weighted by atomic mass is 35.5. The van der Waals surface area contributed by atoms with E-state index in [-0.39, 0.29) is 16.5 Å². The van der Waals surface area contributed by atoms with E-state index in [9.17, 15) is 9.90 Å². The average molecular weight is 462 g/mol. The number of phenolic OH excluding ortho intramolecular Hbond substituents is 1. The molecule has 0 unspecified atom stereocenters. The molecule has 0 aliphatic rings. The van der Waals surface area contributed by atoms with Gasteiger partial charge < -0.3 is 9.84 Å². The van der Waals surface area contributed by atoms with Gasteiger partial charge >= 0.3 is 5.97 Å². The number of nitrogens with zero attached hydrogens (tertiary/aromatic N) is 1. The molecule has 0 aliphatic heterocycles. The van der Waals surface area contributed by atoms with Crippen LogP contribution in [0.4, 0.5) is 5.69 Å². The van der Waals surface area contributed by atoms with Crippen molar-refractivity contribution in [3.05, 3.63) is 112 Å². The number of aliphatic imine (C=N–C) groups is 1. The Morgan fingerprint density at radius 1 is 0.844 bits per heavy atom. The third-order valence-corrected chi connectivity index (χ3v) is 5.21. The van der Waals surface area contributed by atoms with E-state index in [4.69, 9.17) is 27.9 Å². The molecule has 0 aromatic heterocycles. The van der Waals surface area contributed by atoms with Crippen LogP contribution in [0.3, 0.4) is 0 Å². The summed E-state index contributed by atoms with van der Waals surface area (Å²) in [7, 11) is 0. The lowest BCUT2D eigenvalue weighted by Gasteiger charge is -2.07. The number of carbonyl (C=O) groups excluding carboxylic acids is 1. The Bertz CT molecular complexity index is 1290. The van der Waals surface area contributed by atoms with Crippen LogP contribution in [0.5, 0.6) is 11.5 Å². The van der Waals surface area contributed by atoms with Crippen LogP contribution in [0.25, 0.3) is 11.1 Å². The Balaban J connectivity index is 1.48. The standard InChI is InChI=1S/C26H17Cl2NO3/c27-21-11-13-25(22(28)15-21)32-26(31)19-8-6-17(7-9-19)16-29-23-14-20(10-12-24(23)30)18-4-2-1-3-5-18/h1-16,30H. The van der Waals surface area contributed by atoms with Gasteiger partial charge in [0.25, 0.3) is 0 Å². The number of hydrogen-bond acceptors (Lipinski definition) is 4.